The average Bonchev–Trinajstić information content (AvgIpc) is 3.10. The van der Waals surface area contributed by atoms with Crippen molar-refractivity contribution in [2.45, 2.75) is 32.2 Å². The van der Waals surface area contributed by atoms with Gasteiger partial charge in [-0.1, -0.05) is 5.16 Å². The van der Waals surface area contributed by atoms with Crippen molar-refractivity contribution in [1.29, 1.82) is 0 Å². The van der Waals surface area contributed by atoms with Gasteiger partial charge in [0.1, 0.15) is 0 Å². The summed E-state index contributed by atoms with van der Waals surface area (Å²) in [4.78, 5) is 27.1. The van der Waals surface area contributed by atoms with Crippen LogP contribution in [0.1, 0.15) is 48.7 Å². The van der Waals surface area contributed by atoms with E-state index in [-0.39, 0.29) is 30.7 Å². The maximum Gasteiger partial charge on any atom is 0.292 e. The highest BCUT2D eigenvalue weighted by molar-refractivity contribution is 5.90. The predicted molar refractivity (Wildman–Crippen MR) is 69.9 cm³/mol. The largest absolute Gasteiger partial charge is 0.356 e. The van der Waals surface area contributed by atoms with Crippen LogP contribution >= 0.6 is 0 Å². The molecule has 8 nitrogen and oxygen atoms in total. The van der Waals surface area contributed by atoms with Gasteiger partial charge in [0, 0.05) is 19.5 Å². The first-order chi connectivity index (χ1) is 9.70. The van der Waals surface area contributed by atoms with Crippen molar-refractivity contribution in [3.8, 4) is 0 Å². The van der Waals surface area contributed by atoms with Crippen LogP contribution in [-0.4, -0.2) is 41.6 Å². The third-order valence-corrected chi connectivity index (χ3v) is 3.01. The molecule has 2 rings (SSSR count). The number of aromatic nitrogens is 2. The maximum atomic E-state index is 11.8. The monoisotopic (exact) mass is 281 g/mol. The molecule has 1 saturated heterocycles. The van der Waals surface area contributed by atoms with Gasteiger partial charge >= 0.3 is 0 Å². The van der Waals surface area contributed by atoms with E-state index in [0.717, 1.165) is 19.4 Å². The smallest absolute Gasteiger partial charge is 0.292 e. The van der Waals surface area contributed by atoms with Crippen LogP contribution in [0.25, 0.3) is 0 Å². The maximum absolute atomic E-state index is 11.8. The topological polar surface area (TPSA) is 109 Å². The van der Waals surface area contributed by atoms with E-state index in [1.54, 1.807) is 0 Å². The number of amides is 2. The van der Waals surface area contributed by atoms with Crippen LogP contribution in [0, 0.1) is 0 Å². The minimum atomic E-state index is -0.428. The SMILES string of the molecule is CCNC(=O)CCNC(=O)c1noc(C2CCCN2)n1. The molecule has 1 aliphatic rings. The van der Waals surface area contributed by atoms with Crippen LogP contribution in [0.5, 0.6) is 0 Å². The summed E-state index contributed by atoms with van der Waals surface area (Å²) in [5.74, 6) is -0.0833. The second-order valence-electron chi connectivity index (χ2n) is 4.56. The first kappa shape index (κ1) is 14.4. The second kappa shape index (κ2) is 6.99. The number of nitrogens with zero attached hydrogens (tertiary/aromatic N) is 2. The molecule has 20 heavy (non-hydrogen) atoms. The van der Waals surface area contributed by atoms with Crippen molar-refractivity contribution in [3.63, 3.8) is 0 Å². The summed E-state index contributed by atoms with van der Waals surface area (Å²) in [6.45, 7) is 3.58. The molecule has 1 aliphatic heterocycles. The Morgan fingerprint density at radius 3 is 3.00 bits per heavy atom. The summed E-state index contributed by atoms with van der Waals surface area (Å²) in [7, 11) is 0. The number of rotatable bonds is 6. The van der Waals surface area contributed by atoms with Crippen molar-refractivity contribution < 1.29 is 14.1 Å². The van der Waals surface area contributed by atoms with Crippen LogP contribution in [0.2, 0.25) is 0 Å². The van der Waals surface area contributed by atoms with E-state index in [9.17, 15) is 9.59 Å². The minimum absolute atomic E-state index is 0.00426. The number of carbonyl (C=O) groups excluding carboxylic acids is 2. The van der Waals surface area contributed by atoms with E-state index in [1.165, 1.54) is 0 Å². The number of nitrogens with one attached hydrogen (secondary N) is 3. The zero-order valence-electron chi connectivity index (χ0n) is 11.4. The molecule has 2 amide bonds. The summed E-state index contributed by atoms with van der Waals surface area (Å²) in [6.07, 6.45) is 2.22. The standard InChI is InChI=1S/C12H19N5O3/c1-2-13-9(18)5-7-15-11(19)10-16-12(20-17-10)8-4-3-6-14-8/h8,14H,2-7H2,1H3,(H,13,18)(H,15,19). The quantitative estimate of drug-likeness (QED) is 0.663. The van der Waals surface area contributed by atoms with Crippen LogP contribution in [0.4, 0.5) is 0 Å². The van der Waals surface area contributed by atoms with Crippen LogP contribution in [0.3, 0.4) is 0 Å². The molecule has 0 aromatic carbocycles. The Hall–Kier alpha value is -1.96. The molecule has 1 unspecified atom stereocenters. The molecule has 0 radical (unpaired) electrons. The van der Waals surface area contributed by atoms with Gasteiger partial charge in [-0.2, -0.15) is 4.98 Å². The van der Waals surface area contributed by atoms with Gasteiger partial charge in [0.05, 0.1) is 6.04 Å². The number of hydrogen-bond acceptors (Lipinski definition) is 6. The lowest BCUT2D eigenvalue weighted by atomic mass is 10.2. The molecule has 1 fully saturated rings. The van der Waals surface area contributed by atoms with Gasteiger partial charge in [0.2, 0.25) is 11.8 Å². The molecule has 0 spiro atoms. The lowest BCUT2D eigenvalue weighted by Gasteiger charge is -2.03. The van der Waals surface area contributed by atoms with Crippen LogP contribution in [0.15, 0.2) is 4.52 Å². The molecule has 110 valence electrons. The van der Waals surface area contributed by atoms with Crippen LogP contribution < -0.4 is 16.0 Å². The van der Waals surface area contributed by atoms with Crippen molar-refractivity contribution in [3.05, 3.63) is 11.7 Å². The van der Waals surface area contributed by atoms with Crippen molar-refractivity contribution in [1.82, 2.24) is 26.1 Å². The van der Waals surface area contributed by atoms with E-state index in [4.69, 9.17) is 4.52 Å². The first-order valence-electron chi connectivity index (χ1n) is 6.82. The molecule has 0 bridgehead atoms. The summed E-state index contributed by atoms with van der Waals surface area (Å²) in [5, 5.41) is 12.1. The average molecular weight is 281 g/mol. The fourth-order valence-corrected chi connectivity index (χ4v) is 2.02. The molecule has 3 N–H and O–H groups in total. The Morgan fingerprint density at radius 1 is 1.45 bits per heavy atom. The molecule has 8 heteroatoms. The van der Waals surface area contributed by atoms with Crippen molar-refractivity contribution in [2.24, 2.45) is 0 Å². The van der Waals surface area contributed by atoms with Gasteiger partial charge < -0.3 is 20.5 Å². The highest BCUT2D eigenvalue weighted by atomic mass is 16.5. The van der Waals surface area contributed by atoms with E-state index in [1.807, 2.05) is 6.92 Å². The van der Waals surface area contributed by atoms with E-state index >= 15 is 0 Å². The second-order valence-corrected chi connectivity index (χ2v) is 4.56. The Morgan fingerprint density at radius 2 is 2.30 bits per heavy atom. The summed E-state index contributed by atoms with van der Waals surface area (Å²) in [6, 6.07) is 0.0411. The highest BCUT2D eigenvalue weighted by Gasteiger charge is 2.24. The van der Waals surface area contributed by atoms with Crippen molar-refractivity contribution >= 4 is 11.8 Å². The fourth-order valence-electron chi connectivity index (χ4n) is 2.02. The molecule has 1 aromatic heterocycles. The fraction of sp³-hybridized carbons (Fsp3) is 0.667. The zero-order chi connectivity index (χ0) is 14.4. The van der Waals surface area contributed by atoms with Gasteiger partial charge in [0.15, 0.2) is 0 Å². The summed E-state index contributed by atoms with van der Waals surface area (Å²) in [5.41, 5.74) is 0. The van der Waals surface area contributed by atoms with Gasteiger partial charge in [-0.25, -0.2) is 0 Å². The number of carbonyl (C=O) groups is 2. The normalized spacial score (nSPS) is 17.9. The molecule has 2 heterocycles. The minimum Gasteiger partial charge on any atom is -0.356 e. The van der Waals surface area contributed by atoms with E-state index in [2.05, 4.69) is 26.1 Å². The molecule has 0 saturated carbocycles. The predicted octanol–water partition coefficient (Wildman–Crippen LogP) is -0.250. The van der Waals surface area contributed by atoms with Gasteiger partial charge in [-0.3, -0.25) is 9.59 Å². The zero-order valence-corrected chi connectivity index (χ0v) is 11.4. The third-order valence-electron chi connectivity index (χ3n) is 3.01. The molecule has 1 atom stereocenters. The Bertz CT molecular complexity index is 467. The Labute approximate surface area is 116 Å². The van der Waals surface area contributed by atoms with E-state index in [0.29, 0.717) is 12.4 Å². The molecular formula is C12H19N5O3. The molecule has 1 aromatic rings. The molecular weight excluding hydrogens is 262 g/mol. The Kier molecular flexibility index (Phi) is 5.05. The van der Waals surface area contributed by atoms with Crippen molar-refractivity contribution in [2.75, 3.05) is 19.6 Å². The van der Waals surface area contributed by atoms with Gasteiger partial charge in [-0.15, -0.1) is 0 Å². The lowest BCUT2D eigenvalue weighted by Crippen LogP contribution is -2.31. The molecule has 0 aliphatic carbocycles. The van der Waals surface area contributed by atoms with Gasteiger partial charge in [0.25, 0.3) is 11.7 Å². The summed E-state index contributed by atoms with van der Waals surface area (Å²) >= 11 is 0. The first-order valence-corrected chi connectivity index (χ1v) is 6.82. The van der Waals surface area contributed by atoms with Gasteiger partial charge in [-0.05, 0) is 26.3 Å². The van der Waals surface area contributed by atoms with Crippen LogP contribution in [-0.2, 0) is 4.79 Å². The highest BCUT2D eigenvalue weighted by Crippen LogP contribution is 2.20. The summed E-state index contributed by atoms with van der Waals surface area (Å²) < 4.78 is 5.07. The number of hydrogen-bond donors (Lipinski definition) is 3. The van der Waals surface area contributed by atoms with E-state index < -0.39 is 5.91 Å². The third kappa shape index (κ3) is 3.77. The lowest BCUT2D eigenvalue weighted by molar-refractivity contribution is -0.120. The Balaban J connectivity index is 1.79.